The number of anilines is 1. The predicted molar refractivity (Wildman–Crippen MR) is 107 cm³/mol. The van der Waals surface area contributed by atoms with E-state index >= 15 is 0 Å². The maximum absolute atomic E-state index is 6.12. The molecule has 0 saturated carbocycles. The van der Waals surface area contributed by atoms with Gasteiger partial charge in [0.25, 0.3) is 0 Å². The Morgan fingerprint density at radius 2 is 1.96 bits per heavy atom. The van der Waals surface area contributed by atoms with Crippen LogP contribution in [0, 0.1) is 0 Å². The summed E-state index contributed by atoms with van der Waals surface area (Å²) in [7, 11) is 0. The molecule has 0 aliphatic heterocycles. The topological polar surface area (TPSA) is 30.5 Å². The molecule has 0 aromatic heterocycles. The molecule has 0 fully saturated rings. The van der Waals surface area contributed by atoms with Crippen LogP contribution in [0.5, 0.6) is 11.5 Å². The van der Waals surface area contributed by atoms with E-state index in [1.165, 1.54) is 0 Å². The first-order valence-corrected chi connectivity index (χ1v) is 9.39. The average Bonchev–Trinajstić information content (AvgIpc) is 2.55. The molecule has 2 aromatic rings. The lowest BCUT2D eigenvalue weighted by Crippen LogP contribution is -2.04. The van der Waals surface area contributed by atoms with E-state index in [0.29, 0.717) is 36.3 Å². The first-order chi connectivity index (χ1) is 11.5. The minimum absolute atomic E-state index is 0.424. The Morgan fingerprint density at radius 1 is 1.17 bits per heavy atom. The smallest absolute Gasteiger partial charge is 0.175 e. The summed E-state index contributed by atoms with van der Waals surface area (Å²) in [6.45, 7) is 7.24. The molecule has 2 rings (SSSR count). The Morgan fingerprint density at radius 3 is 2.62 bits per heavy atom. The van der Waals surface area contributed by atoms with Crippen LogP contribution >= 0.6 is 43.5 Å². The Balaban J connectivity index is 2.17. The Bertz CT molecular complexity index is 722. The second kappa shape index (κ2) is 9.35. The van der Waals surface area contributed by atoms with Gasteiger partial charge in [-0.15, -0.1) is 0 Å². The molecule has 0 radical (unpaired) electrons. The van der Waals surface area contributed by atoms with Gasteiger partial charge in [0.2, 0.25) is 0 Å². The molecule has 0 spiro atoms. The maximum Gasteiger partial charge on any atom is 0.175 e. The SMILES string of the molecule is C=CCOc1c(Br)cc(CNc2ccc(Br)c(Cl)c2)cc1OCC. The minimum atomic E-state index is 0.424. The van der Waals surface area contributed by atoms with Crippen molar-refractivity contribution in [1.29, 1.82) is 0 Å². The van der Waals surface area contributed by atoms with Gasteiger partial charge in [0.05, 0.1) is 16.1 Å². The molecule has 0 amide bonds. The Kier molecular flexibility index (Phi) is 7.46. The van der Waals surface area contributed by atoms with E-state index in [9.17, 15) is 0 Å². The standard InChI is InChI=1S/C18H18Br2ClNO2/c1-3-7-24-18-15(20)8-12(9-17(18)23-4-2)11-22-13-5-6-14(19)16(21)10-13/h3,5-6,8-10,22H,1,4,7,11H2,2H3. The molecule has 2 aromatic carbocycles. The highest BCUT2D eigenvalue weighted by Gasteiger charge is 2.12. The summed E-state index contributed by atoms with van der Waals surface area (Å²) in [5.74, 6) is 1.39. The molecule has 0 atom stereocenters. The molecule has 0 unspecified atom stereocenters. The van der Waals surface area contributed by atoms with Crippen molar-refractivity contribution in [2.75, 3.05) is 18.5 Å². The van der Waals surface area contributed by atoms with E-state index in [4.69, 9.17) is 21.1 Å². The largest absolute Gasteiger partial charge is 0.490 e. The van der Waals surface area contributed by atoms with Crippen LogP contribution in [0.1, 0.15) is 12.5 Å². The highest BCUT2D eigenvalue weighted by molar-refractivity contribution is 9.10. The number of hydrogen-bond donors (Lipinski definition) is 1. The van der Waals surface area contributed by atoms with E-state index in [1.807, 2.05) is 37.3 Å². The second-order valence-corrected chi connectivity index (χ2v) is 7.04. The van der Waals surface area contributed by atoms with Crippen LogP contribution in [0.25, 0.3) is 0 Å². The van der Waals surface area contributed by atoms with Crippen molar-refractivity contribution in [1.82, 2.24) is 0 Å². The van der Waals surface area contributed by atoms with Gasteiger partial charge in [0.1, 0.15) is 6.61 Å². The third-order valence-electron chi connectivity index (χ3n) is 3.13. The second-order valence-electron chi connectivity index (χ2n) is 4.92. The molecule has 3 nitrogen and oxygen atoms in total. The normalized spacial score (nSPS) is 10.3. The number of nitrogens with one attached hydrogen (secondary N) is 1. The van der Waals surface area contributed by atoms with Crippen LogP contribution in [0.3, 0.4) is 0 Å². The van der Waals surface area contributed by atoms with Gasteiger partial charge in [-0.2, -0.15) is 0 Å². The van der Waals surface area contributed by atoms with Gasteiger partial charge in [-0.25, -0.2) is 0 Å². The van der Waals surface area contributed by atoms with Crippen molar-refractivity contribution < 1.29 is 9.47 Å². The number of hydrogen-bond acceptors (Lipinski definition) is 3. The summed E-state index contributed by atoms with van der Waals surface area (Å²) >= 11 is 13.1. The molecule has 0 saturated heterocycles. The van der Waals surface area contributed by atoms with Crippen molar-refractivity contribution >= 4 is 49.1 Å². The van der Waals surface area contributed by atoms with Crippen LogP contribution in [0.4, 0.5) is 5.69 Å². The highest BCUT2D eigenvalue weighted by Crippen LogP contribution is 2.37. The lowest BCUT2D eigenvalue weighted by molar-refractivity contribution is 0.295. The van der Waals surface area contributed by atoms with Crippen molar-refractivity contribution in [3.8, 4) is 11.5 Å². The molecule has 0 bridgehead atoms. The monoisotopic (exact) mass is 473 g/mol. The molecule has 0 heterocycles. The third-order valence-corrected chi connectivity index (χ3v) is 4.95. The number of halogens is 3. The van der Waals surface area contributed by atoms with Gasteiger partial charge in [-0.3, -0.25) is 0 Å². The molecule has 1 N–H and O–H groups in total. The predicted octanol–water partition coefficient (Wildman–Crippen LogP) is 6.44. The maximum atomic E-state index is 6.12. The molecular formula is C18H18Br2ClNO2. The average molecular weight is 476 g/mol. The zero-order valence-electron chi connectivity index (χ0n) is 13.2. The van der Waals surface area contributed by atoms with Gasteiger partial charge < -0.3 is 14.8 Å². The quantitative estimate of drug-likeness (QED) is 0.446. The minimum Gasteiger partial charge on any atom is -0.490 e. The van der Waals surface area contributed by atoms with Crippen LogP contribution in [0.15, 0.2) is 51.9 Å². The summed E-state index contributed by atoms with van der Waals surface area (Å²) in [6, 6.07) is 9.74. The van der Waals surface area contributed by atoms with Crippen LogP contribution in [0.2, 0.25) is 5.02 Å². The molecule has 128 valence electrons. The van der Waals surface area contributed by atoms with Gasteiger partial charge in [-0.05, 0) is 74.7 Å². The molecule has 0 aliphatic rings. The van der Waals surface area contributed by atoms with Gasteiger partial charge in [0.15, 0.2) is 11.5 Å². The lowest BCUT2D eigenvalue weighted by Gasteiger charge is -2.15. The van der Waals surface area contributed by atoms with Crippen molar-refractivity contribution in [2.24, 2.45) is 0 Å². The van der Waals surface area contributed by atoms with Crippen LogP contribution in [-0.4, -0.2) is 13.2 Å². The zero-order chi connectivity index (χ0) is 17.5. The van der Waals surface area contributed by atoms with Gasteiger partial charge >= 0.3 is 0 Å². The van der Waals surface area contributed by atoms with Crippen LogP contribution in [-0.2, 0) is 6.54 Å². The Labute approximate surface area is 164 Å². The van der Waals surface area contributed by atoms with E-state index in [1.54, 1.807) is 6.08 Å². The summed E-state index contributed by atoms with van der Waals surface area (Å²) < 4.78 is 13.1. The molecular weight excluding hydrogens is 457 g/mol. The molecule has 0 aliphatic carbocycles. The first kappa shape index (κ1) is 19.2. The molecule has 6 heteroatoms. The van der Waals surface area contributed by atoms with E-state index in [0.717, 1.165) is 20.2 Å². The fourth-order valence-electron chi connectivity index (χ4n) is 2.08. The number of benzene rings is 2. The fourth-order valence-corrected chi connectivity index (χ4v) is 3.11. The van der Waals surface area contributed by atoms with Gasteiger partial charge in [0, 0.05) is 16.7 Å². The summed E-state index contributed by atoms with van der Waals surface area (Å²) in [5.41, 5.74) is 2.01. The summed E-state index contributed by atoms with van der Waals surface area (Å²) in [5, 5.41) is 4.02. The van der Waals surface area contributed by atoms with E-state index < -0.39 is 0 Å². The highest BCUT2D eigenvalue weighted by atomic mass is 79.9. The summed E-state index contributed by atoms with van der Waals surface area (Å²) in [4.78, 5) is 0. The summed E-state index contributed by atoms with van der Waals surface area (Å²) in [6.07, 6.45) is 1.70. The third kappa shape index (κ3) is 5.16. The Hall–Kier alpha value is -1.17. The number of ether oxygens (including phenoxy) is 2. The first-order valence-electron chi connectivity index (χ1n) is 7.43. The molecule has 24 heavy (non-hydrogen) atoms. The van der Waals surface area contributed by atoms with Crippen molar-refractivity contribution in [2.45, 2.75) is 13.5 Å². The van der Waals surface area contributed by atoms with Crippen molar-refractivity contribution in [3.63, 3.8) is 0 Å². The number of rotatable bonds is 8. The van der Waals surface area contributed by atoms with Gasteiger partial charge in [-0.1, -0.05) is 24.3 Å². The van der Waals surface area contributed by atoms with Crippen LogP contribution < -0.4 is 14.8 Å². The van der Waals surface area contributed by atoms with E-state index in [2.05, 4.69) is 43.8 Å². The lowest BCUT2D eigenvalue weighted by atomic mass is 10.2. The van der Waals surface area contributed by atoms with Crippen molar-refractivity contribution in [3.05, 3.63) is 62.5 Å². The zero-order valence-corrected chi connectivity index (χ0v) is 17.2. The fraction of sp³-hybridized carbons (Fsp3) is 0.222. The van der Waals surface area contributed by atoms with E-state index in [-0.39, 0.29) is 0 Å².